The topological polar surface area (TPSA) is 32.5 Å². The number of piperazine rings is 1. The van der Waals surface area contributed by atoms with Crippen LogP contribution in [0.15, 0.2) is 12.1 Å². The Kier molecular flexibility index (Phi) is 5.07. The van der Waals surface area contributed by atoms with Crippen molar-refractivity contribution in [1.29, 1.82) is 0 Å². The van der Waals surface area contributed by atoms with Crippen molar-refractivity contribution in [2.45, 2.75) is 52.7 Å². The third kappa shape index (κ3) is 3.31. The lowest BCUT2D eigenvalue weighted by molar-refractivity contribution is 0.0350. The fourth-order valence-electron chi connectivity index (χ4n) is 3.51. The lowest BCUT2D eigenvalue weighted by Crippen LogP contribution is -2.56. The molecule has 3 heteroatoms. The first-order chi connectivity index (χ1) is 9.85. The molecule has 1 heterocycles. The molecule has 1 aromatic carbocycles. The summed E-state index contributed by atoms with van der Waals surface area (Å²) in [6.07, 6.45) is 0. The number of nitrogens with two attached hydrogens (primary N) is 1. The zero-order valence-corrected chi connectivity index (χ0v) is 14.5. The molecule has 1 aliphatic rings. The first kappa shape index (κ1) is 16.5. The molecule has 0 aliphatic carbocycles. The molecule has 1 aliphatic heterocycles. The van der Waals surface area contributed by atoms with E-state index in [2.05, 4.69) is 63.6 Å². The number of likely N-dealkylation sites (N-methyl/N-ethyl adjacent to an activating group) is 1. The minimum Gasteiger partial charge on any atom is -0.329 e. The summed E-state index contributed by atoms with van der Waals surface area (Å²) >= 11 is 0. The Balaban J connectivity index is 2.30. The van der Waals surface area contributed by atoms with E-state index >= 15 is 0 Å². The quantitative estimate of drug-likeness (QED) is 0.928. The highest BCUT2D eigenvalue weighted by Gasteiger charge is 2.31. The van der Waals surface area contributed by atoms with Crippen LogP contribution in [0.25, 0.3) is 0 Å². The predicted octanol–water partition coefficient (Wildman–Crippen LogP) is 2.64. The summed E-state index contributed by atoms with van der Waals surface area (Å²) in [7, 11) is 2.23. The maximum absolute atomic E-state index is 6.16. The van der Waals surface area contributed by atoms with Gasteiger partial charge in [-0.15, -0.1) is 0 Å². The van der Waals surface area contributed by atoms with Crippen molar-refractivity contribution in [1.82, 2.24) is 9.80 Å². The Hall–Kier alpha value is -0.900. The maximum atomic E-state index is 6.16. The largest absolute Gasteiger partial charge is 0.329 e. The predicted molar refractivity (Wildman–Crippen MR) is 90.7 cm³/mol. The molecule has 2 rings (SSSR count). The minimum atomic E-state index is 0.336. The van der Waals surface area contributed by atoms with E-state index in [-0.39, 0.29) is 0 Å². The van der Waals surface area contributed by atoms with Crippen LogP contribution in [0, 0.1) is 20.8 Å². The second kappa shape index (κ2) is 6.47. The van der Waals surface area contributed by atoms with Crippen molar-refractivity contribution in [3.05, 3.63) is 34.4 Å². The van der Waals surface area contributed by atoms with Crippen molar-refractivity contribution in [2.75, 3.05) is 26.7 Å². The van der Waals surface area contributed by atoms with Crippen LogP contribution < -0.4 is 5.73 Å². The molecule has 3 atom stereocenters. The zero-order chi connectivity index (χ0) is 15.7. The number of rotatable bonds is 3. The summed E-state index contributed by atoms with van der Waals surface area (Å²) in [6, 6.07) is 6.14. The molecule has 1 saturated heterocycles. The maximum Gasteiger partial charge on any atom is 0.0474 e. The van der Waals surface area contributed by atoms with E-state index < -0.39 is 0 Å². The highest BCUT2D eigenvalue weighted by atomic mass is 15.3. The van der Waals surface area contributed by atoms with Gasteiger partial charge in [-0.2, -0.15) is 0 Å². The summed E-state index contributed by atoms with van der Waals surface area (Å²) in [5.41, 5.74) is 11.7. The molecule has 0 saturated carbocycles. The van der Waals surface area contributed by atoms with Gasteiger partial charge in [0.25, 0.3) is 0 Å². The van der Waals surface area contributed by atoms with Crippen molar-refractivity contribution in [2.24, 2.45) is 5.73 Å². The summed E-state index contributed by atoms with van der Waals surface area (Å²) in [5.74, 6) is 0. The van der Waals surface area contributed by atoms with E-state index in [0.717, 1.165) is 13.1 Å². The van der Waals surface area contributed by atoms with Crippen LogP contribution in [0.4, 0.5) is 0 Å². The molecule has 0 aromatic heterocycles. The van der Waals surface area contributed by atoms with Gasteiger partial charge < -0.3 is 5.73 Å². The highest BCUT2D eigenvalue weighted by molar-refractivity contribution is 5.38. The fourth-order valence-corrected chi connectivity index (χ4v) is 3.51. The summed E-state index contributed by atoms with van der Waals surface area (Å²) < 4.78 is 0. The summed E-state index contributed by atoms with van der Waals surface area (Å²) in [6.45, 7) is 14.1. The van der Waals surface area contributed by atoms with Gasteiger partial charge in [-0.1, -0.05) is 12.1 Å². The Bertz CT molecular complexity index is 485. The molecule has 21 heavy (non-hydrogen) atoms. The smallest absolute Gasteiger partial charge is 0.0474 e. The van der Waals surface area contributed by atoms with Gasteiger partial charge in [-0.05, 0) is 63.9 Å². The Morgan fingerprint density at radius 1 is 1.05 bits per heavy atom. The molecule has 0 bridgehead atoms. The van der Waals surface area contributed by atoms with E-state index in [1.807, 2.05) is 0 Å². The number of aryl methyl sites for hydroxylation is 3. The van der Waals surface area contributed by atoms with Crippen LogP contribution >= 0.6 is 0 Å². The Morgan fingerprint density at radius 2 is 1.57 bits per heavy atom. The molecular formula is C18H31N3. The second-order valence-electron chi connectivity index (χ2n) is 6.86. The minimum absolute atomic E-state index is 0.336. The van der Waals surface area contributed by atoms with E-state index in [1.165, 1.54) is 22.3 Å². The SMILES string of the molecule is Cc1cc(C)c(C(CN)N2CC(C)N(C)C(C)C2)cc1C. The zero-order valence-electron chi connectivity index (χ0n) is 14.5. The number of benzene rings is 1. The average molecular weight is 289 g/mol. The third-order valence-corrected chi connectivity index (χ3v) is 5.29. The first-order valence-electron chi connectivity index (χ1n) is 8.09. The molecule has 3 unspecified atom stereocenters. The fraction of sp³-hybridized carbons (Fsp3) is 0.667. The van der Waals surface area contributed by atoms with Crippen LogP contribution in [-0.4, -0.2) is 48.6 Å². The Morgan fingerprint density at radius 3 is 2.10 bits per heavy atom. The average Bonchev–Trinajstić information content (AvgIpc) is 2.42. The second-order valence-corrected chi connectivity index (χ2v) is 6.86. The molecule has 2 N–H and O–H groups in total. The van der Waals surface area contributed by atoms with Gasteiger partial charge >= 0.3 is 0 Å². The van der Waals surface area contributed by atoms with Crippen LogP contribution in [-0.2, 0) is 0 Å². The van der Waals surface area contributed by atoms with Crippen LogP contribution in [0.2, 0.25) is 0 Å². The molecule has 0 amide bonds. The van der Waals surface area contributed by atoms with E-state index in [1.54, 1.807) is 0 Å². The van der Waals surface area contributed by atoms with Crippen LogP contribution in [0.3, 0.4) is 0 Å². The first-order valence-corrected chi connectivity index (χ1v) is 8.09. The van der Waals surface area contributed by atoms with E-state index in [9.17, 15) is 0 Å². The van der Waals surface area contributed by atoms with Crippen molar-refractivity contribution in [3.8, 4) is 0 Å². The molecule has 1 aromatic rings. The highest BCUT2D eigenvalue weighted by Crippen LogP contribution is 2.28. The number of hydrogen-bond acceptors (Lipinski definition) is 3. The van der Waals surface area contributed by atoms with E-state index in [4.69, 9.17) is 5.73 Å². The molecule has 118 valence electrons. The molecular weight excluding hydrogens is 258 g/mol. The summed E-state index contributed by atoms with van der Waals surface area (Å²) in [4.78, 5) is 5.05. The third-order valence-electron chi connectivity index (χ3n) is 5.29. The van der Waals surface area contributed by atoms with Crippen LogP contribution in [0.1, 0.15) is 42.1 Å². The molecule has 0 spiro atoms. The lowest BCUT2D eigenvalue weighted by Gasteiger charge is -2.45. The number of nitrogens with zero attached hydrogens (tertiary/aromatic N) is 2. The van der Waals surface area contributed by atoms with Gasteiger partial charge in [0.05, 0.1) is 0 Å². The van der Waals surface area contributed by atoms with Gasteiger partial charge in [0.2, 0.25) is 0 Å². The van der Waals surface area contributed by atoms with E-state index in [0.29, 0.717) is 24.7 Å². The Labute approximate surface area is 130 Å². The van der Waals surface area contributed by atoms with Crippen molar-refractivity contribution in [3.63, 3.8) is 0 Å². The normalized spacial score (nSPS) is 26.0. The van der Waals surface area contributed by atoms with Gasteiger partial charge in [0, 0.05) is 37.8 Å². The lowest BCUT2D eigenvalue weighted by atomic mass is 9.93. The molecule has 1 fully saturated rings. The standard InChI is InChI=1S/C18H31N3/c1-12-7-14(3)17(8-13(12)2)18(9-19)21-10-15(4)20(6)16(5)11-21/h7-8,15-16,18H,9-11,19H2,1-6H3. The monoisotopic (exact) mass is 289 g/mol. The van der Waals surface area contributed by atoms with Crippen molar-refractivity contribution < 1.29 is 0 Å². The van der Waals surface area contributed by atoms with Gasteiger partial charge in [-0.25, -0.2) is 0 Å². The van der Waals surface area contributed by atoms with Gasteiger partial charge in [0.15, 0.2) is 0 Å². The summed E-state index contributed by atoms with van der Waals surface area (Å²) in [5, 5.41) is 0. The van der Waals surface area contributed by atoms with Crippen molar-refractivity contribution >= 4 is 0 Å². The van der Waals surface area contributed by atoms with Gasteiger partial charge in [-0.3, -0.25) is 9.80 Å². The molecule has 3 nitrogen and oxygen atoms in total. The number of hydrogen-bond donors (Lipinski definition) is 1. The molecule has 0 radical (unpaired) electrons. The van der Waals surface area contributed by atoms with Crippen LogP contribution in [0.5, 0.6) is 0 Å². The van der Waals surface area contributed by atoms with Gasteiger partial charge in [0.1, 0.15) is 0 Å².